The van der Waals surface area contributed by atoms with E-state index in [2.05, 4.69) is 46.8 Å². The summed E-state index contributed by atoms with van der Waals surface area (Å²) in [5.74, 6) is 0.652. The third-order valence-corrected chi connectivity index (χ3v) is 11.9. The van der Waals surface area contributed by atoms with Gasteiger partial charge < -0.3 is 36.4 Å². The first-order valence-corrected chi connectivity index (χ1v) is 18.0. The van der Waals surface area contributed by atoms with Crippen LogP contribution in [0.25, 0.3) is 35.3 Å². The number of nitrogens with zero attached hydrogens (tertiary/aromatic N) is 3. The molecule has 48 heavy (non-hydrogen) atoms. The van der Waals surface area contributed by atoms with Gasteiger partial charge in [0.15, 0.2) is 24.1 Å². The Bertz CT molecular complexity index is 1940. The predicted molar refractivity (Wildman–Crippen MR) is 194 cm³/mol. The molecule has 5 heterocycles. The van der Waals surface area contributed by atoms with Crippen molar-refractivity contribution in [1.82, 2.24) is 10.6 Å². The third-order valence-electron chi connectivity index (χ3n) is 6.81. The number of thiophene rings is 4. The summed E-state index contributed by atoms with van der Waals surface area (Å²) in [5, 5.41) is 20.5. The molecular formula is C32H33N7O5S4. The molecule has 0 unspecified atom stereocenters. The second-order valence-electron chi connectivity index (χ2n) is 10.5. The van der Waals surface area contributed by atoms with Crippen LogP contribution in [0, 0.1) is 32.1 Å². The zero-order valence-electron chi connectivity index (χ0n) is 26.4. The zero-order valence-corrected chi connectivity index (χ0v) is 29.6. The number of aryl methyl sites for hydroxylation is 3. The van der Waals surface area contributed by atoms with Crippen molar-refractivity contribution >= 4 is 75.4 Å². The molecule has 0 spiro atoms. The summed E-state index contributed by atoms with van der Waals surface area (Å²) in [7, 11) is 0. The maximum Gasteiger partial charge on any atom is 0.262 e. The fraction of sp³-hybridized carbons (Fsp3) is 0.281. The number of hydrogen-bond acceptors (Lipinski definition) is 12. The van der Waals surface area contributed by atoms with Gasteiger partial charge in [0.25, 0.3) is 11.8 Å². The van der Waals surface area contributed by atoms with Crippen molar-refractivity contribution in [3.8, 4) is 46.8 Å². The number of guanidine groups is 1. The van der Waals surface area contributed by atoms with Gasteiger partial charge in [0.2, 0.25) is 0 Å². The number of carbonyl (C=O) groups is 2. The van der Waals surface area contributed by atoms with Gasteiger partial charge in [0.05, 0.1) is 29.1 Å². The Balaban J connectivity index is 1.20. The number of nitriles is 1. The number of nitrogens with one attached hydrogen (secondary N) is 2. The van der Waals surface area contributed by atoms with Gasteiger partial charge in [-0.25, -0.2) is 0 Å². The molecule has 1 aliphatic rings. The monoisotopic (exact) mass is 723 g/mol. The van der Waals surface area contributed by atoms with Gasteiger partial charge in [-0.2, -0.15) is 5.26 Å². The van der Waals surface area contributed by atoms with E-state index >= 15 is 0 Å². The van der Waals surface area contributed by atoms with Crippen LogP contribution in [-0.2, 0) is 14.4 Å². The number of oxime groups is 1. The van der Waals surface area contributed by atoms with Gasteiger partial charge in [0.1, 0.15) is 24.9 Å². The van der Waals surface area contributed by atoms with E-state index in [1.807, 2.05) is 24.4 Å². The van der Waals surface area contributed by atoms with E-state index in [1.54, 1.807) is 40.1 Å². The maximum absolute atomic E-state index is 12.7. The molecule has 12 nitrogen and oxygen atoms in total. The van der Waals surface area contributed by atoms with E-state index in [9.17, 15) is 14.9 Å². The van der Waals surface area contributed by atoms with Gasteiger partial charge in [0, 0.05) is 36.3 Å². The van der Waals surface area contributed by atoms with Crippen molar-refractivity contribution in [2.24, 2.45) is 21.6 Å². The lowest BCUT2D eigenvalue weighted by Crippen LogP contribution is -2.31. The highest BCUT2D eigenvalue weighted by Gasteiger charge is 2.24. The Morgan fingerprint density at radius 1 is 0.979 bits per heavy atom. The van der Waals surface area contributed by atoms with Crippen molar-refractivity contribution in [2.45, 2.75) is 20.8 Å². The Kier molecular flexibility index (Phi) is 11.5. The van der Waals surface area contributed by atoms with Crippen molar-refractivity contribution < 1.29 is 23.9 Å². The molecule has 0 aliphatic carbocycles. The van der Waals surface area contributed by atoms with Gasteiger partial charge in [-0.3, -0.25) is 14.6 Å². The first-order valence-electron chi connectivity index (χ1n) is 14.7. The van der Waals surface area contributed by atoms with Crippen LogP contribution in [0.15, 0.2) is 39.3 Å². The standard InChI is InChI=1S/C32H33N7O5S4/c1-17-10-21(13-20(14-33)31(41)37-6-7-39-44-15-25(40)36-4-5-38-32(34)35)46-27(17)28-18(2)11-23(47-28)24-12-19(3)29(48-24)30-26-22(16-45-30)42-8-9-43-26/h7,10-13,16H,4-6,8-9,15H2,1-3H3,(H,36,40)(H,37,41)(H4,34,35,38)/b20-13+,39-7+. The molecule has 2 amide bonds. The molecule has 4 aromatic rings. The van der Waals surface area contributed by atoms with Crippen LogP contribution in [0.5, 0.6) is 11.5 Å². The van der Waals surface area contributed by atoms with E-state index in [1.165, 1.54) is 37.7 Å². The molecule has 6 N–H and O–H groups in total. The number of nitrogens with two attached hydrogens (primary N) is 2. The van der Waals surface area contributed by atoms with Gasteiger partial charge in [-0.1, -0.05) is 5.16 Å². The fourth-order valence-electron chi connectivity index (χ4n) is 4.62. The summed E-state index contributed by atoms with van der Waals surface area (Å²) in [6.07, 6.45) is 2.88. The van der Waals surface area contributed by atoms with Crippen LogP contribution >= 0.6 is 45.3 Å². The van der Waals surface area contributed by atoms with Gasteiger partial charge >= 0.3 is 0 Å². The molecule has 0 radical (unpaired) electrons. The summed E-state index contributed by atoms with van der Waals surface area (Å²) in [6, 6.07) is 8.41. The summed E-state index contributed by atoms with van der Waals surface area (Å²) < 4.78 is 11.7. The Hall–Kier alpha value is -4.69. The Labute approximate surface area is 293 Å². The number of aliphatic imine (C=N–C) groups is 1. The van der Waals surface area contributed by atoms with Crippen LogP contribution < -0.4 is 31.6 Å². The average Bonchev–Trinajstić information content (AvgIpc) is 3.84. The lowest BCUT2D eigenvalue weighted by Gasteiger charge is -2.15. The van der Waals surface area contributed by atoms with Crippen LogP contribution in [0.2, 0.25) is 0 Å². The second-order valence-corrected chi connectivity index (χ2v) is 14.5. The van der Waals surface area contributed by atoms with Crippen molar-refractivity contribution in [3.05, 3.63) is 50.7 Å². The molecule has 4 aromatic heterocycles. The highest BCUT2D eigenvalue weighted by atomic mass is 32.1. The summed E-state index contributed by atoms with van der Waals surface area (Å²) in [6.45, 7) is 7.59. The summed E-state index contributed by atoms with van der Waals surface area (Å²) in [4.78, 5) is 40.8. The summed E-state index contributed by atoms with van der Waals surface area (Å²) >= 11 is 6.67. The molecule has 0 atom stereocenters. The molecule has 1 aliphatic heterocycles. The topological polar surface area (TPSA) is 186 Å². The van der Waals surface area contributed by atoms with E-state index in [0.717, 1.165) is 42.1 Å². The second kappa shape index (κ2) is 15.9. The number of carbonyl (C=O) groups excluding carboxylic acids is 2. The van der Waals surface area contributed by atoms with Crippen LogP contribution in [-0.4, -0.2) is 63.4 Å². The lowest BCUT2D eigenvalue weighted by molar-refractivity contribution is -0.125. The first kappa shape index (κ1) is 34.6. The van der Waals surface area contributed by atoms with Crippen molar-refractivity contribution in [2.75, 3.05) is 39.5 Å². The van der Waals surface area contributed by atoms with E-state index in [0.29, 0.717) is 13.2 Å². The molecule has 0 saturated carbocycles. The highest BCUT2D eigenvalue weighted by Crippen LogP contribution is 2.51. The largest absolute Gasteiger partial charge is 0.485 e. The minimum atomic E-state index is -0.545. The Morgan fingerprint density at radius 3 is 2.35 bits per heavy atom. The molecule has 0 fully saturated rings. The third kappa shape index (κ3) is 8.42. The molecule has 0 bridgehead atoms. The van der Waals surface area contributed by atoms with Gasteiger partial charge in [-0.05, 0) is 61.7 Å². The van der Waals surface area contributed by atoms with Crippen molar-refractivity contribution in [3.63, 3.8) is 0 Å². The van der Waals surface area contributed by atoms with Gasteiger partial charge in [-0.15, -0.1) is 45.3 Å². The minimum Gasteiger partial charge on any atom is -0.485 e. The smallest absolute Gasteiger partial charge is 0.262 e. The number of hydrogen-bond donors (Lipinski definition) is 4. The summed E-state index contributed by atoms with van der Waals surface area (Å²) in [5.41, 5.74) is 13.8. The molecule has 0 saturated heterocycles. The van der Waals surface area contributed by atoms with Crippen LogP contribution in [0.3, 0.4) is 0 Å². The van der Waals surface area contributed by atoms with Crippen LogP contribution in [0.4, 0.5) is 0 Å². The average molecular weight is 724 g/mol. The Morgan fingerprint density at radius 2 is 1.65 bits per heavy atom. The quantitative estimate of drug-likeness (QED) is 0.0369. The highest BCUT2D eigenvalue weighted by molar-refractivity contribution is 7.28. The molecular weight excluding hydrogens is 691 g/mol. The number of rotatable bonds is 13. The number of fused-ring (bicyclic) bond motifs is 1. The maximum atomic E-state index is 12.7. The zero-order chi connectivity index (χ0) is 34.2. The number of amides is 2. The molecule has 250 valence electrons. The first-order chi connectivity index (χ1) is 23.1. The van der Waals surface area contributed by atoms with E-state index in [-0.39, 0.29) is 37.8 Å². The number of ether oxygens (including phenoxy) is 2. The van der Waals surface area contributed by atoms with E-state index in [4.69, 9.17) is 25.8 Å². The molecule has 0 aromatic carbocycles. The SMILES string of the molecule is Cc1cc(/C=C(\C#N)C(=O)NC/C=N/OCC(=O)NCCN=C(N)N)sc1-c1sc(-c2cc(C)c(-c3scc4c3OCCO4)s2)cc1C. The van der Waals surface area contributed by atoms with Crippen molar-refractivity contribution in [1.29, 1.82) is 5.26 Å². The fourth-order valence-corrected chi connectivity index (χ4v) is 9.56. The normalized spacial score (nSPS) is 12.5. The van der Waals surface area contributed by atoms with Crippen LogP contribution in [0.1, 0.15) is 21.6 Å². The minimum absolute atomic E-state index is 0.00944. The molecule has 5 rings (SSSR count). The predicted octanol–water partition coefficient (Wildman–Crippen LogP) is 5.05. The van der Waals surface area contributed by atoms with E-state index < -0.39 is 11.8 Å². The molecule has 16 heteroatoms. The lowest BCUT2D eigenvalue weighted by atomic mass is 10.1.